The molecule has 6 rings (SSSR count). The van der Waals surface area contributed by atoms with E-state index in [4.69, 9.17) is 14.0 Å². The van der Waals surface area contributed by atoms with Gasteiger partial charge < -0.3 is 19.3 Å². The highest BCUT2D eigenvalue weighted by Crippen LogP contribution is 2.45. The van der Waals surface area contributed by atoms with Gasteiger partial charge in [-0.3, -0.25) is 4.79 Å². The Morgan fingerprint density at radius 3 is 2.88 bits per heavy atom. The minimum absolute atomic E-state index is 0.224. The van der Waals surface area contributed by atoms with Crippen LogP contribution in [0.1, 0.15) is 41.4 Å². The van der Waals surface area contributed by atoms with E-state index in [1.165, 1.54) is 6.26 Å². The quantitative estimate of drug-likeness (QED) is 0.532. The fraction of sp³-hybridized carbons (Fsp3) is 0.292. The zero-order valence-electron chi connectivity index (χ0n) is 17.4. The number of carbonyl (C=O) groups excluding carboxylic acids is 1. The number of pyridine rings is 1. The van der Waals surface area contributed by atoms with Gasteiger partial charge in [0.15, 0.2) is 5.69 Å². The lowest BCUT2D eigenvalue weighted by Crippen LogP contribution is -2.48. The fourth-order valence-corrected chi connectivity index (χ4v) is 4.74. The average molecular weight is 430 g/mol. The van der Waals surface area contributed by atoms with Crippen LogP contribution in [0.15, 0.2) is 65.5 Å². The zero-order valence-corrected chi connectivity index (χ0v) is 17.4. The van der Waals surface area contributed by atoms with E-state index in [-0.39, 0.29) is 23.2 Å². The van der Waals surface area contributed by atoms with E-state index in [1.54, 1.807) is 12.3 Å². The summed E-state index contributed by atoms with van der Waals surface area (Å²) in [5.41, 5.74) is 3.86. The van der Waals surface area contributed by atoms with E-state index in [1.807, 2.05) is 40.9 Å². The molecular weight excluding hydrogens is 408 g/mol. The van der Waals surface area contributed by atoms with E-state index in [2.05, 4.69) is 21.6 Å². The number of fused-ring (bicyclic) bond motifs is 2. The molecule has 1 unspecified atom stereocenters. The maximum Gasteiger partial charge on any atom is 0.273 e. The van der Waals surface area contributed by atoms with Crippen molar-refractivity contribution in [3.05, 3.63) is 72.2 Å². The SMILES string of the molecule is O=C(NC1CC2(CCOCC2)Oc2ccc(-c3cccc4ccnn34)cc21)c1ccon1. The summed E-state index contributed by atoms with van der Waals surface area (Å²) in [5, 5.41) is 11.4. The van der Waals surface area contributed by atoms with E-state index < -0.39 is 0 Å². The summed E-state index contributed by atoms with van der Waals surface area (Å²) in [7, 11) is 0. The first-order chi connectivity index (χ1) is 15.7. The summed E-state index contributed by atoms with van der Waals surface area (Å²) in [5.74, 6) is 0.526. The van der Waals surface area contributed by atoms with Crippen LogP contribution in [0.2, 0.25) is 0 Å². The van der Waals surface area contributed by atoms with Crippen LogP contribution >= 0.6 is 0 Å². The van der Waals surface area contributed by atoms with Crippen LogP contribution in [-0.4, -0.2) is 39.5 Å². The molecule has 0 bridgehead atoms. The first kappa shape index (κ1) is 19.1. The van der Waals surface area contributed by atoms with Gasteiger partial charge in [-0.15, -0.1) is 0 Å². The second kappa shape index (κ2) is 7.49. The van der Waals surface area contributed by atoms with Crippen LogP contribution in [-0.2, 0) is 4.74 Å². The molecule has 1 saturated heterocycles. The molecule has 4 aromatic rings. The Hall–Kier alpha value is -3.65. The van der Waals surface area contributed by atoms with Crippen LogP contribution in [0, 0.1) is 0 Å². The summed E-state index contributed by atoms with van der Waals surface area (Å²) in [6.07, 6.45) is 5.43. The number of rotatable bonds is 3. The lowest BCUT2D eigenvalue weighted by molar-refractivity contribution is -0.0639. The monoisotopic (exact) mass is 430 g/mol. The molecule has 5 heterocycles. The van der Waals surface area contributed by atoms with Crippen LogP contribution in [0.5, 0.6) is 5.75 Å². The first-order valence-electron chi connectivity index (χ1n) is 10.8. The largest absolute Gasteiger partial charge is 0.487 e. The van der Waals surface area contributed by atoms with Crippen molar-refractivity contribution >= 4 is 11.4 Å². The number of ether oxygens (including phenoxy) is 2. The Bertz CT molecular complexity index is 1270. The molecule has 1 aromatic carbocycles. The van der Waals surface area contributed by atoms with Crippen molar-refractivity contribution in [2.45, 2.75) is 30.9 Å². The van der Waals surface area contributed by atoms with E-state index in [9.17, 15) is 4.79 Å². The Morgan fingerprint density at radius 1 is 1.12 bits per heavy atom. The van der Waals surface area contributed by atoms with Crippen molar-refractivity contribution in [2.24, 2.45) is 0 Å². The number of benzene rings is 1. The molecule has 1 spiro atoms. The van der Waals surface area contributed by atoms with Crippen LogP contribution < -0.4 is 10.1 Å². The van der Waals surface area contributed by atoms with Crippen molar-refractivity contribution in [3.63, 3.8) is 0 Å². The molecule has 0 aliphatic carbocycles. The summed E-state index contributed by atoms with van der Waals surface area (Å²) in [6, 6.07) is 15.5. The number of aromatic nitrogens is 3. The van der Waals surface area contributed by atoms with Gasteiger partial charge in [0.05, 0.1) is 36.7 Å². The minimum atomic E-state index is -0.351. The molecule has 0 saturated carbocycles. The standard InChI is InChI=1S/C24H22N4O4/c29-23(19-7-11-31-27-19)26-20-15-24(8-12-30-13-9-24)32-22-5-4-16(14-18(20)22)21-3-1-2-17-6-10-25-28(17)21/h1-7,10-11,14,20H,8-9,12-13,15H2,(H,26,29). The molecule has 0 radical (unpaired) electrons. The second-order valence-electron chi connectivity index (χ2n) is 8.34. The van der Waals surface area contributed by atoms with Crippen molar-refractivity contribution in [3.8, 4) is 17.0 Å². The number of nitrogens with one attached hydrogen (secondary N) is 1. The van der Waals surface area contributed by atoms with Crippen LogP contribution in [0.25, 0.3) is 16.8 Å². The maximum atomic E-state index is 12.8. The minimum Gasteiger partial charge on any atom is -0.487 e. The van der Waals surface area contributed by atoms with Gasteiger partial charge in [-0.1, -0.05) is 11.2 Å². The van der Waals surface area contributed by atoms with Gasteiger partial charge in [0.1, 0.15) is 17.6 Å². The third kappa shape index (κ3) is 3.23. The molecule has 1 amide bonds. The molecule has 2 aliphatic heterocycles. The lowest BCUT2D eigenvalue weighted by atomic mass is 9.81. The Morgan fingerprint density at radius 2 is 2.03 bits per heavy atom. The molecule has 3 aromatic heterocycles. The van der Waals surface area contributed by atoms with Crippen LogP contribution in [0.3, 0.4) is 0 Å². The lowest BCUT2D eigenvalue weighted by Gasteiger charge is -2.44. The van der Waals surface area contributed by atoms with Gasteiger partial charge in [-0.2, -0.15) is 5.10 Å². The topological polar surface area (TPSA) is 90.9 Å². The normalized spacial score (nSPS) is 19.4. The summed E-state index contributed by atoms with van der Waals surface area (Å²) >= 11 is 0. The summed E-state index contributed by atoms with van der Waals surface area (Å²) in [6.45, 7) is 1.30. The van der Waals surface area contributed by atoms with E-state index in [0.29, 0.717) is 19.6 Å². The molecule has 1 atom stereocenters. The molecule has 1 fully saturated rings. The molecule has 2 aliphatic rings. The highest BCUT2D eigenvalue weighted by Gasteiger charge is 2.43. The molecule has 8 heteroatoms. The second-order valence-corrected chi connectivity index (χ2v) is 8.34. The number of hydrogen-bond acceptors (Lipinski definition) is 6. The summed E-state index contributed by atoms with van der Waals surface area (Å²) < 4.78 is 18.9. The van der Waals surface area contributed by atoms with Crippen LogP contribution in [0.4, 0.5) is 0 Å². The molecule has 1 N–H and O–H groups in total. The molecule has 8 nitrogen and oxygen atoms in total. The van der Waals surface area contributed by atoms with Gasteiger partial charge in [-0.05, 0) is 36.4 Å². The smallest absolute Gasteiger partial charge is 0.273 e. The zero-order chi connectivity index (χ0) is 21.5. The fourth-order valence-electron chi connectivity index (χ4n) is 4.74. The highest BCUT2D eigenvalue weighted by atomic mass is 16.5. The Labute approximate surface area is 184 Å². The highest BCUT2D eigenvalue weighted by molar-refractivity contribution is 5.92. The number of amides is 1. The van der Waals surface area contributed by atoms with Gasteiger partial charge >= 0.3 is 0 Å². The maximum absolute atomic E-state index is 12.8. The van der Waals surface area contributed by atoms with Crippen molar-refractivity contribution in [2.75, 3.05) is 13.2 Å². The third-order valence-electron chi connectivity index (χ3n) is 6.38. The van der Waals surface area contributed by atoms with E-state index in [0.717, 1.165) is 40.9 Å². The van der Waals surface area contributed by atoms with Crippen molar-refractivity contribution in [1.29, 1.82) is 0 Å². The molecular formula is C24H22N4O4. The van der Waals surface area contributed by atoms with Gasteiger partial charge in [0, 0.05) is 36.5 Å². The molecule has 162 valence electrons. The van der Waals surface area contributed by atoms with Crippen molar-refractivity contribution in [1.82, 2.24) is 20.1 Å². The predicted octanol–water partition coefficient (Wildman–Crippen LogP) is 3.79. The van der Waals surface area contributed by atoms with Crippen molar-refractivity contribution < 1.29 is 18.8 Å². The first-order valence-corrected chi connectivity index (χ1v) is 10.8. The average Bonchev–Trinajstić information content (AvgIpc) is 3.51. The predicted molar refractivity (Wildman–Crippen MR) is 115 cm³/mol. The van der Waals surface area contributed by atoms with Gasteiger partial charge in [-0.25, -0.2) is 4.52 Å². The third-order valence-corrected chi connectivity index (χ3v) is 6.38. The van der Waals surface area contributed by atoms with Gasteiger partial charge in [0.2, 0.25) is 0 Å². The Balaban J connectivity index is 1.42. The number of nitrogens with zero attached hydrogens (tertiary/aromatic N) is 3. The number of carbonyl (C=O) groups is 1. The summed E-state index contributed by atoms with van der Waals surface area (Å²) in [4.78, 5) is 12.8. The number of hydrogen-bond donors (Lipinski definition) is 1. The Kier molecular flexibility index (Phi) is 4.46. The van der Waals surface area contributed by atoms with E-state index >= 15 is 0 Å². The van der Waals surface area contributed by atoms with Gasteiger partial charge in [0.25, 0.3) is 5.91 Å². The molecule has 32 heavy (non-hydrogen) atoms.